The molecule has 0 unspecified atom stereocenters. The second kappa shape index (κ2) is 8.81. The van der Waals surface area contributed by atoms with E-state index in [1.54, 1.807) is 42.6 Å². The number of rotatable bonds is 6. The highest BCUT2D eigenvalue weighted by Gasteiger charge is 2.10. The maximum Gasteiger partial charge on any atom is 0.337 e. The van der Waals surface area contributed by atoms with Crippen molar-refractivity contribution in [3.8, 4) is 0 Å². The summed E-state index contributed by atoms with van der Waals surface area (Å²) in [6, 6.07) is 18.3. The number of hydrogen-bond acceptors (Lipinski definition) is 5. The van der Waals surface area contributed by atoms with Gasteiger partial charge in [0.25, 0.3) is 5.91 Å². The number of ether oxygens (including phenoxy) is 1. The first-order valence-corrected chi connectivity index (χ1v) is 8.80. The van der Waals surface area contributed by atoms with Gasteiger partial charge < -0.3 is 15.4 Å². The average molecular weight is 375 g/mol. The number of anilines is 2. The molecule has 28 heavy (non-hydrogen) atoms. The first-order chi connectivity index (χ1) is 13.5. The minimum absolute atomic E-state index is 0.282. The first kappa shape index (κ1) is 19.1. The molecule has 2 N–H and O–H groups in total. The van der Waals surface area contributed by atoms with Gasteiger partial charge in [0.15, 0.2) is 0 Å². The van der Waals surface area contributed by atoms with E-state index in [2.05, 4.69) is 51.5 Å². The van der Waals surface area contributed by atoms with E-state index in [1.807, 2.05) is 0 Å². The van der Waals surface area contributed by atoms with Gasteiger partial charge in [-0.25, -0.2) is 9.78 Å². The summed E-state index contributed by atoms with van der Waals surface area (Å²) in [5.74, 6) is -0.815. The number of methoxy groups -OCH3 is 1. The zero-order chi connectivity index (χ0) is 19.9. The molecule has 0 aliphatic carbocycles. The number of carbonyl (C=O) groups is 2. The van der Waals surface area contributed by atoms with Gasteiger partial charge in [0.2, 0.25) is 0 Å². The Morgan fingerprint density at radius 3 is 2.46 bits per heavy atom. The molecular weight excluding hydrogens is 354 g/mol. The van der Waals surface area contributed by atoms with E-state index in [1.165, 1.54) is 12.7 Å². The van der Waals surface area contributed by atoms with Crippen molar-refractivity contribution in [2.75, 3.05) is 17.7 Å². The van der Waals surface area contributed by atoms with Crippen molar-refractivity contribution in [3.63, 3.8) is 0 Å². The van der Waals surface area contributed by atoms with Crippen LogP contribution in [0.3, 0.4) is 0 Å². The van der Waals surface area contributed by atoms with Gasteiger partial charge >= 0.3 is 5.97 Å². The van der Waals surface area contributed by atoms with E-state index in [0.29, 0.717) is 17.8 Å². The van der Waals surface area contributed by atoms with Crippen LogP contribution in [0, 0.1) is 6.92 Å². The Kier molecular flexibility index (Phi) is 6.01. The van der Waals surface area contributed by atoms with E-state index in [0.717, 1.165) is 11.3 Å². The molecule has 6 heteroatoms. The molecule has 3 aromatic rings. The highest BCUT2D eigenvalue weighted by molar-refractivity contribution is 6.03. The summed E-state index contributed by atoms with van der Waals surface area (Å²) >= 11 is 0. The number of esters is 1. The van der Waals surface area contributed by atoms with E-state index in [4.69, 9.17) is 0 Å². The van der Waals surface area contributed by atoms with Crippen molar-refractivity contribution in [2.24, 2.45) is 0 Å². The van der Waals surface area contributed by atoms with Crippen LogP contribution in [-0.4, -0.2) is 24.0 Å². The molecule has 6 nitrogen and oxygen atoms in total. The number of nitrogens with zero attached hydrogens (tertiary/aromatic N) is 1. The van der Waals surface area contributed by atoms with Crippen molar-refractivity contribution in [1.29, 1.82) is 0 Å². The van der Waals surface area contributed by atoms with Gasteiger partial charge in [-0.2, -0.15) is 0 Å². The maximum atomic E-state index is 12.4. The lowest BCUT2D eigenvalue weighted by Gasteiger charge is -2.09. The second-order valence-electron chi connectivity index (χ2n) is 6.30. The van der Waals surface area contributed by atoms with Crippen LogP contribution in [0.4, 0.5) is 11.4 Å². The topological polar surface area (TPSA) is 80.3 Å². The van der Waals surface area contributed by atoms with E-state index in [-0.39, 0.29) is 11.6 Å². The third kappa shape index (κ3) is 4.94. The Bertz CT molecular complexity index is 967. The number of amides is 1. The van der Waals surface area contributed by atoms with Crippen molar-refractivity contribution in [2.45, 2.75) is 13.5 Å². The fourth-order valence-electron chi connectivity index (χ4n) is 2.58. The molecule has 1 amide bonds. The van der Waals surface area contributed by atoms with Crippen LogP contribution >= 0.6 is 0 Å². The average Bonchev–Trinajstić information content (AvgIpc) is 2.73. The Hall–Kier alpha value is -3.67. The minimum atomic E-state index is -0.460. The fourth-order valence-corrected chi connectivity index (χ4v) is 2.58. The SMILES string of the molecule is COC(=O)c1cccc(NC(=O)c2ccc(NCc3ccc(C)cc3)cn2)c1. The first-order valence-electron chi connectivity index (χ1n) is 8.80. The van der Waals surface area contributed by atoms with Crippen LogP contribution in [0.2, 0.25) is 0 Å². The smallest absolute Gasteiger partial charge is 0.337 e. The van der Waals surface area contributed by atoms with Gasteiger partial charge in [-0.1, -0.05) is 35.9 Å². The molecule has 0 saturated heterocycles. The van der Waals surface area contributed by atoms with Gasteiger partial charge in [-0.15, -0.1) is 0 Å². The summed E-state index contributed by atoms with van der Waals surface area (Å²) in [6.45, 7) is 2.73. The van der Waals surface area contributed by atoms with Crippen LogP contribution in [0.25, 0.3) is 0 Å². The summed E-state index contributed by atoms with van der Waals surface area (Å²) < 4.78 is 4.68. The zero-order valence-electron chi connectivity index (χ0n) is 15.7. The van der Waals surface area contributed by atoms with E-state index < -0.39 is 5.97 Å². The van der Waals surface area contributed by atoms with Gasteiger partial charge in [-0.05, 0) is 42.8 Å². The highest BCUT2D eigenvalue weighted by Crippen LogP contribution is 2.14. The summed E-state index contributed by atoms with van der Waals surface area (Å²) in [6.07, 6.45) is 1.62. The third-order valence-corrected chi connectivity index (χ3v) is 4.15. The second-order valence-corrected chi connectivity index (χ2v) is 6.30. The molecule has 3 rings (SSSR count). The summed E-state index contributed by atoms with van der Waals surface area (Å²) in [5.41, 5.74) is 4.35. The molecule has 0 bridgehead atoms. The Labute approximate surface area is 163 Å². The lowest BCUT2D eigenvalue weighted by atomic mass is 10.1. The molecule has 2 aromatic carbocycles. The summed E-state index contributed by atoms with van der Waals surface area (Å²) in [4.78, 5) is 28.2. The Morgan fingerprint density at radius 1 is 1.00 bits per heavy atom. The number of hydrogen-bond donors (Lipinski definition) is 2. The number of carbonyl (C=O) groups excluding carboxylic acids is 2. The van der Waals surface area contributed by atoms with Gasteiger partial charge in [0.1, 0.15) is 5.69 Å². The minimum Gasteiger partial charge on any atom is -0.465 e. The largest absolute Gasteiger partial charge is 0.465 e. The molecular formula is C22H21N3O3. The van der Waals surface area contributed by atoms with Crippen LogP contribution in [0.5, 0.6) is 0 Å². The van der Waals surface area contributed by atoms with Gasteiger partial charge in [0, 0.05) is 12.2 Å². The van der Waals surface area contributed by atoms with Crippen LogP contribution in [0.1, 0.15) is 32.0 Å². The molecule has 0 fully saturated rings. The molecule has 0 saturated carbocycles. The molecule has 0 atom stereocenters. The predicted octanol–water partition coefficient (Wildman–Crippen LogP) is 4.04. The highest BCUT2D eigenvalue weighted by atomic mass is 16.5. The monoisotopic (exact) mass is 375 g/mol. The predicted molar refractivity (Wildman–Crippen MR) is 108 cm³/mol. The van der Waals surface area contributed by atoms with Crippen molar-refractivity contribution in [1.82, 2.24) is 4.98 Å². The van der Waals surface area contributed by atoms with Crippen LogP contribution in [0.15, 0.2) is 66.9 Å². The molecule has 142 valence electrons. The molecule has 1 aromatic heterocycles. The van der Waals surface area contributed by atoms with E-state index in [9.17, 15) is 9.59 Å². The maximum absolute atomic E-state index is 12.4. The normalized spacial score (nSPS) is 10.2. The number of pyridine rings is 1. The number of nitrogens with one attached hydrogen (secondary N) is 2. The summed E-state index contributed by atoms with van der Waals surface area (Å²) in [7, 11) is 1.31. The lowest BCUT2D eigenvalue weighted by molar-refractivity contribution is 0.0600. The quantitative estimate of drug-likeness (QED) is 0.636. The zero-order valence-corrected chi connectivity index (χ0v) is 15.7. The number of aromatic nitrogens is 1. The standard InChI is InChI=1S/C22H21N3O3/c1-15-6-8-16(9-7-15)13-23-19-10-11-20(24-14-19)21(26)25-18-5-3-4-17(12-18)22(27)28-2/h3-12,14,23H,13H2,1-2H3,(H,25,26). The van der Waals surface area contributed by atoms with Crippen molar-refractivity contribution < 1.29 is 14.3 Å². The molecule has 1 heterocycles. The lowest BCUT2D eigenvalue weighted by Crippen LogP contribution is -2.14. The van der Waals surface area contributed by atoms with Crippen LogP contribution < -0.4 is 10.6 Å². The number of benzene rings is 2. The molecule has 0 spiro atoms. The Balaban J connectivity index is 1.60. The molecule has 0 aliphatic rings. The summed E-state index contributed by atoms with van der Waals surface area (Å²) in [5, 5.41) is 6.01. The van der Waals surface area contributed by atoms with Crippen LogP contribution in [-0.2, 0) is 11.3 Å². The third-order valence-electron chi connectivity index (χ3n) is 4.15. The molecule has 0 radical (unpaired) electrons. The van der Waals surface area contributed by atoms with E-state index >= 15 is 0 Å². The van der Waals surface area contributed by atoms with Gasteiger partial charge in [0.05, 0.1) is 24.6 Å². The Morgan fingerprint density at radius 2 is 1.79 bits per heavy atom. The number of aryl methyl sites for hydroxylation is 1. The molecule has 0 aliphatic heterocycles. The van der Waals surface area contributed by atoms with Gasteiger partial charge in [-0.3, -0.25) is 4.79 Å². The van der Waals surface area contributed by atoms with Crippen molar-refractivity contribution in [3.05, 3.63) is 89.2 Å². The van der Waals surface area contributed by atoms with Crippen molar-refractivity contribution >= 4 is 23.3 Å². The fraction of sp³-hybridized carbons (Fsp3) is 0.136.